The standard InChI is InChI=1S/C18H34N4O3S.HI/c1-19-18(20-13-15-5-11-22(12-6-15)26(2,23)24)21-9-7-17(8-10-21)25-14-16-3-4-16;/h15-17H,3-14H2,1-2H3,(H,19,20);1H. The molecule has 2 saturated heterocycles. The highest BCUT2D eigenvalue weighted by molar-refractivity contribution is 14.0. The minimum absolute atomic E-state index is 0. The minimum Gasteiger partial charge on any atom is -0.378 e. The van der Waals surface area contributed by atoms with E-state index in [-0.39, 0.29) is 24.0 Å². The molecule has 0 aromatic rings. The number of likely N-dealkylation sites (tertiary alicyclic amines) is 1. The number of hydrogen-bond acceptors (Lipinski definition) is 4. The number of sulfonamides is 1. The van der Waals surface area contributed by atoms with Crippen LogP contribution < -0.4 is 5.32 Å². The molecule has 0 radical (unpaired) electrons. The zero-order chi connectivity index (χ0) is 18.6. The van der Waals surface area contributed by atoms with Crippen LogP contribution in [-0.2, 0) is 14.8 Å². The molecule has 0 unspecified atom stereocenters. The molecule has 0 aromatic carbocycles. The van der Waals surface area contributed by atoms with Crippen LogP contribution in [0.25, 0.3) is 0 Å². The molecule has 158 valence electrons. The molecule has 0 spiro atoms. The van der Waals surface area contributed by atoms with Crippen molar-refractivity contribution < 1.29 is 13.2 Å². The number of rotatable bonds is 6. The lowest BCUT2D eigenvalue weighted by Gasteiger charge is -2.35. The van der Waals surface area contributed by atoms with Gasteiger partial charge in [-0.2, -0.15) is 0 Å². The van der Waals surface area contributed by atoms with Crippen LogP contribution in [0.5, 0.6) is 0 Å². The van der Waals surface area contributed by atoms with E-state index in [0.29, 0.717) is 25.1 Å². The molecule has 7 nitrogen and oxygen atoms in total. The van der Waals surface area contributed by atoms with Crippen molar-refractivity contribution in [3.05, 3.63) is 0 Å². The van der Waals surface area contributed by atoms with Crippen molar-refractivity contribution in [1.82, 2.24) is 14.5 Å². The maximum absolute atomic E-state index is 11.6. The van der Waals surface area contributed by atoms with Crippen LogP contribution in [-0.4, -0.2) is 82.3 Å². The molecule has 3 fully saturated rings. The molecule has 0 atom stereocenters. The number of halogens is 1. The molecule has 3 aliphatic rings. The van der Waals surface area contributed by atoms with Gasteiger partial charge in [-0.25, -0.2) is 12.7 Å². The molecule has 0 amide bonds. The molecule has 1 aliphatic carbocycles. The molecule has 1 N–H and O–H groups in total. The van der Waals surface area contributed by atoms with E-state index in [9.17, 15) is 8.42 Å². The van der Waals surface area contributed by atoms with E-state index in [0.717, 1.165) is 63.8 Å². The third kappa shape index (κ3) is 7.32. The highest BCUT2D eigenvalue weighted by atomic mass is 127. The van der Waals surface area contributed by atoms with E-state index >= 15 is 0 Å². The quantitative estimate of drug-likeness (QED) is 0.332. The monoisotopic (exact) mass is 514 g/mol. The molecule has 2 heterocycles. The average Bonchev–Trinajstić information content (AvgIpc) is 3.45. The van der Waals surface area contributed by atoms with Gasteiger partial charge in [0.25, 0.3) is 0 Å². The second-order valence-electron chi connectivity index (χ2n) is 8.00. The van der Waals surface area contributed by atoms with Gasteiger partial charge < -0.3 is 15.0 Å². The lowest BCUT2D eigenvalue weighted by Crippen LogP contribution is -2.49. The molecule has 27 heavy (non-hydrogen) atoms. The van der Waals surface area contributed by atoms with Crippen LogP contribution in [0.4, 0.5) is 0 Å². The van der Waals surface area contributed by atoms with Crippen molar-refractivity contribution in [1.29, 1.82) is 0 Å². The Kier molecular flexibility index (Phi) is 9.08. The van der Waals surface area contributed by atoms with Crippen molar-refractivity contribution in [3.63, 3.8) is 0 Å². The van der Waals surface area contributed by atoms with Gasteiger partial charge in [0.15, 0.2) is 5.96 Å². The fourth-order valence-corrected chi connectivity index (χ4v) is 4.68. The molecular formula is C18H35IN4O3S. The van der Waals surface area contributed by atoms with Crippen LogP contribution in [0.15, 0.2) is 4.99 Å². The van der Waals surface area contributed by atoms with Gasteiger partial charge in [-0.05, 0) is 50.4 Å². The maximum atomic E-state index is 11.6. The van der Waals surface area contributed by atoms with Crippen LogP contribution >= 0.6 is 24.0 Å². The summed E-state index contributed by atoms with van der Waals surface area (Å²) in [6.07, 6.45) is 8.36. The van der Waals surface area contributed by atoms with E-state index in [2.05, 4.69) is 15.2 Å². The van der Waals surface area contributed by atoms with Crippen molar-refractivity contribution in [2.24, 2.45) is 16.8 Å². The lowest BCUT2D eigenvalue weighted by molar-refractivity contribution is 0.0130. The van der Waals surface area contributed by atoms with E-state index in [4.69, 9.17) is 4.74 Å². The third-order valence-corrected chi connectivity index (χ3v) is 7.11. The molecule has 0 aromatic heterocycles. The summed E-state index contributed by atoms with van der Waals surface area (Å²) >= 11 is 0. The van der Waals surface area contributed by atoms with Gasteiger partial charge in [-0.15, -0.1) is 24.0 Å². The highest BCUT2D eigenvalue weighted by Gasteiger charge is 2.27. The number of aliphatic imine (C=N–C) groups is 1. The Balaban J connectivity index is 0.00000261. The van der Waals surface area contributed by atoms with Crippen LogP contribution in [0.2, 0.25) is 0 Å². The van der Waals surface area contributed by atoms with Gasteiger partial charge in [-0.3, -0.25) is 4.99 Å². The number of ether oxygens (including phenoxy) is 1. The highest BCUT2D eigenvalue weighted by Crippen LogP contribution is 2.30. The molecular weight excluding hydrogens is 479 g/mol. The first-order valence-corrected chi connectivity index (χ1v) is 11.8. The van der Waals surface area contributed by atoms with Crippen molar-refractivity contribution >= 4 is 40.0 Å². The summed E-state index contributed by atoms with van der Waals surface area (Å²) < 4.78 is 30.8. The first kappa shape index (κ1) is 23.2. The summed E-state index contributed by atoms with van der Waals surface area (Å²) in [6.45, 7) is 5.05. The van der Waals surface area contributed by atoms with Crippen molar-refractivity contribution in [2.75, 3.05) is 52.6 Å². The smallest absolute Gasteiger partial charge is 0.211 e. The lowest BCUT2D eigenvalue weighted by atomic mass is 9.98. The summed E-state index contributed by atoms with van der Waals surface area (Å²) in [5.74, 6) is 2.30. The van der Waals surface area contributed by atoms with Gasteiger partial charge in [0, 0.05) is 46.4 Å². The number of piperidine rings is 2. The number of nitrogens with zero attached hydrogens (tertiary/aromatic N) is 3. The average molecular weight is 514 g/mol. The van der Waals surface area contributed by atoms with Crippen LogP contribution in [0, 0.1) is 11.8 Å². The van der Waals surface area contributed by atoms with Gasteiger partial charge in [0.2, 0.25) is 10.0 Å². The first-order chi connectivity index (χ1) is 12.5. The van der Waals surface area contributed by atoms with Gasteiger partial charge in [0.05, 0.1) is 12.4 Å². The summed E-state index contributed by atoms with van der Waals surface area (Å²) in [6, 6.07) is 0. The van der Waals surface area contributed by atoms with Crippen LogP contribution in [0.3, 0.4) is 0 Å². The van der Waals surface area contributed by atoms with Gasteiger partial charge >= 0.3 is 0 Å². The Morgan fingerprint density at radius 1 is 1.04 bits per heavy atom. The number of nitrogens with one attached hydrogen (secondary N) is 1. The number of hydrogen-bond donors (Lipinski definition) is 1. The Labute approximate surface area is 181 Å². The fourth-order valence-electron chi connectivity index (χ4n) is 3.80. The summed E-state index contributed by atoms with van der Waals surface area (Å²) in [4.78, 5) is 6.77. The second kappa shape index (κ2) is 10.6. The topological polar surface area (TPSA) is 74.2 Å². The zero-order valence-corrected chi connectivity index (χ0v) is 19.7. The first-order valence-electron chi connectivity index (χ1n) is 9.98. The molecule has 3 rings (SSSR count). The fraction of sp³-hybridized carbons (Fsp3) is 0.944. The molecule has 2 aliphatic heterocycles. The zero-order valence-electron chi connectivity index (χ0n) is 16.6. The number of guanidine groups is 1. The Hall–Kier alpha value is -0.130. The normalized spacial score (nSPS) is 23.9. The van der Waals surface area contributed by atoms with E-state index in [1.165, 1.54) is 19.1 Å². The Morgan fingerprint density at radius 2 is 1.67 bits per heavy atom. The van der Waals surface area contributed by atoms with E-state index in [1.54, 1.807) is 4.31 Å². The summed E-state index contributed by atoms with van der Waals surface area (Å²) in [7, 11) is -1.21. The summed E-state index contributed by atoms with van der Waals surface area (Å²) in [5, 5.41) is 3.50. The Bertz CT molecular complexity index is 581. The predicted molar refractivity (Wildman–Crippen MR) is 119 cm³/mol. The predicted octanol–water partition coefficient (Wildman–Crippen LogP) is 1.74. The van der Waals surface area contributed by atoms with E-state index in [1.807, 2.05) is 7.05 Å². The largest absolute Gasteiger partial charge is 0.378 e. The van der Waals surface area contributed by atoms with Gasteiger partial charge in [-0.1, -0.05) is 0 Å². The molecule has 0 bridgehead atoms. The van der Waals surface area contributed by atoms with E-state index < -0.39 is 10.0 Å². The molecule has 1 saturated carbocycles. The SMILES string of the molecule is CN=C(NCC1CCN(S(C)(=O)=O)CC1)N1CCC(OCC2CC2)CC1.I. The maximum Gasteiger partial charge on any atom is 0.211 e. The van der Waals surface area contributed by atoms with Crippen molar-refractivity contribution in [2.45, 2.75) is 44.6 Å². The van der Waals surface area contributed by atoms with Crippen LogP contribution in [0.1, 0.15) is 38.5 Å². The second-order valence-corrected chi connectivity index (χ2v) is 9.98. The van der Waals surface area contributed by atoms with Crippen molar-refractivity contribution in [3.8, 4) is 0 Å². The van der Waals surface area contributed by atoms with Gasteiger partial charge in [0.1, 0.15) is 0 Å². The minimum atomic E-state index is -3.04. The third-order valence-electron chi connectivity index (χ3n) is 5.81. The summed E-state index contributed by atoms with van der Waals surface area (Å²) in [5.41, 5.74) is 0. The molecule has 9 heteroatoms. The Morgan fingerprint density at radius 3 is 2.19 bits per heavy atom.